The third kappa shape index (κ3) is 2.80. The fourth-order valence-electron chi connectivity index (χ4n) is 3.01. The van der Waals surface area contributed by atoms with E-state index in [1.807, 2.05) is 6.92 Å². The SMILES string of the molecule is Cc1cc(C(=O)O)cc2c(CCN)c(C)n(CCCN)c12. The fourth-order valence-corrected chi connectivity index (χ4v) is 3.01. The Kier molecular flexibility index (Phi) is 4.65. The molecule has 0 spiro atoms. The molecule has 5 N–H and O–H groups in total. The zero-order chi connectivity index (χ0) is 15.6. The second kappa shape index (κ2) is 6.28. The van der Waals surface area contributed by atoms with Crippen LogP contribution in [0.3, 0.4) is 0 Å². The lowest BCUT2D eigenvalue weighted by molar-refractivity contribution is 0.0697. The van der Waals surface area contributed by atoms with E-state index in [-0.39, 0.29) is 0 Å². The van der Waals surface area contributed by atoms with Crippen LogP contribution in [0.4, 0.5) is 0 Å². The Morgan fingerprint density at radius 1 is 1.24 bits per heavy atom. The minimum Gasteiger partial charge on any atom is -0.478 e. The van der Waals surface area contributed by atoms with E-state index in [1.165, 1.54) is 0 Å². The Morgan fingerprint density at radius 2 is 1.95 bits per heavy atom. The summed E-state index contributed by atoms with van der Waals surface area (Å²) in [5.74, 6) is -0.897. The number of rotatable bonds is 6. The molecule has 0 atom stereocenters. The summed E-state index contributed by atoms with van der Waals surface area (Å²) in [5, 5.41) is 10.3. The van der Waals surface area contributed by atoms with Gasteiger partial charge >= 0.3 is 5.97 Å². The molecule has 0 unspecified atom stereocenters. The molecule has 2 aromatic rings. The largest absolute Gasteiger partial charge is 0.478 e. The van der Waals surface area contributed by atoms with E-state index in [0.29, 0.717) is 18.7 Å². The first-order valence-corrected chi connectivity index (χ1v) is 7.27. The second-order valence-corrected chi connectivity index (χ2v) is 5.39. The number of hydrogen-bond donors (Lipinski definition) is 3. The number of aromatic nitrogens is 1. The molecule has 114 valence electrons. The molecular formula is C16H23N3O2. The maximum atomic E-state index is 11.3. The highest BCUT2D eigenvalue weighted by atomic mass is 16.4. The number of carboxylic acids is 1. The number of benzene rings is 1. The van der Waals surface area contributed by atoms with Gasteiger partial charge in [-0.15, -0.1) is 0 Å². The smallest absolute Gasteiger partial charge is 0.335 e. The van der Waals surface area contributed by atoms with Crippen LogP contribution in [-0.2, 0) is 13.0 Å². The van der Waals surface area contributed by atoms with Crippen LogP contribution in [0.15, 0.2) is 12.1 Å². The summed E-state index contributed by atoms with van der Waals surface area (Å²) in [6.07, 6.45) is 1.65. The van der Waals surface area contributed by atoms with Gasteiger partial charge < -0.3 is 21.1 Å². The minimum atomic E-state index is -0.897. The van der Waals surface area contributed by atoms with Crippen molar-refractivity contribution in [2.45, 2.75) is 33.2 Å². The number of aryl methyl sites for hydroxylation is 2. The number of carboxylic acid groups (broad SMARTS) is 1. The lowest BCUT2D eigenvalue weighted by Crippen LogP contribution is -2.08. The van der Waals surface area contributed by atoms with Crippen LogP contribution in [0.5, 0.6) is 0 Å². The summed E-state index contributed by atoms with van der Waals surface area (Å²) in [5.41, 5.74) is 16.1. The van der Waals surface area contributed by atoms with Crippen molar-refractivity contribution in [3.63, 3.8) is 0 Å². The minimum absolute atomic E-state index is 0.328. The number of nitrogens with two attached hydrogens (primary N) is 2. The number of aromatic carboxylic acids is 1. The van der Waals surface area contributed by atoms with Crippen molar-refractivity contribution < 1.29 is 9.90 Å². The molecule has 2 rings (SSSR count). The van der Waals surface area contributed by atoms with Gasteiger partial charge in [0.1, 0.15) is 0 Å². The van der Waals surface area contributed by atoms with Gasteiger partial charge in [-0.3, -0.25) is 0 Å². The topological polar surface area (TPSA) is 94.3 Å². The van der Waals surface area contributed by atoms with Crippen molar-refractivity contribution >= 4 is 16.9 Å². The van der Waals surface area contributed by atoms with Crippen LogP contribution < -0.4 is 11.5 Å². The summed E-state index contributed by atoms with van der Waals surface area (Å²) < 4.78 is 2.24. The number of fused-ring (bicyclic) bond motifs is 1. The van der Waals surface area contributed by atoms with Crippen molar-refractivity contribution in [3.05, 3.63) is 34.5 Å². The van der Waals surface area contributed by atoms with Gasteiger partial charge in [0, 0.05) is 17.6 Å². The summed E-state index contributed by atoms with van der Waals surface area (Å²) in [6, 6.07) is 3.50. The molecular weight excluding hydrogens is 266 g/mol. The van der Waals surface area contributed by atoms with E-state index in [4.69, 9.17) is 11.5 Å². The first kappa shape index (κ1) is 15.5. The van der Waals surface area contributed by atoms with Crippen molar-refractivity contribution in [2.24, 2.45) is 11.5 Å². The molecule has 0 bridgehead atoms. The van der Waals surface area contributed by atoms with E-state index in [2.05, 4.69) is 11.5 Å². The van der Waals surface area contributed by atoms with E-state index in [0.717, 1.165) is 47.1 Å². The second-order valence-electron chi connectivity index (χ2n) is 5.39. The summed E-state index contributed by atoms with van der Waals surface area (Å²) in [7, 11) is 0. The maximum absolute atomic E-state index is 11.3. The van der Waals surface area contributed by atoms with Gasteiger partial charge in [0.25, 0.3) is 0 Å². The molecule has 0 saturated carbocycles. The number of hydrogen-bond acceptors (Lipinski definition) is 3. The summed E-state index contributed by atoms with van der Waals surface area (Å²) >= 11 is 0. The number of nitrogens with zero attached hydrogens (tertiary/aromatic N) is 1. The molecule has 1 aromatic heterocycles. The third-order valence-electron chi connectivity index (χ3n) is 3.96. The standard InChI is InChI=1S/C16H23N3O2/c1-10-8-12(16(20)21)9-14-13(4-6-18)11(2)19(15(10)14)7-3-5-17/h8-9H,3-7,17-18H2,1-2H3,(H,20,21). The molecule has 0 aliphatic rings. The van der Waals surface area contributed by atoms with Gasteiger partial charge in [-0.1, -0.05) is 0 Å². The highest BCUT2D eigenvalue weighted by molar-refractivity contribution is 5.97. The van der Waals surface area contributed by atoms with Gasteiger partial charge in [0.15, 0.2) is 0 Å². The Hall–Kier alpha value is -1.85. The van der Waals surface area contributed by atoms with Crippen molar-refractivity contribution in [1.82, 2.24) is 4.57 Å². The van der Waals surface area contributed by atoms with Crippen LogP contribution in [-0.4, -0.2) is 28.7 Å². The molecule has 0 amide bonds. The zero-order valence-electron chi connectivity index (χ0n) is 12.6. The highest BCUT2D eigenvalue weighted by Crippen LogP contribution is 2.30. The van der Waals surface area contributed by atoms with E-state index in [1.54, 1.807) is 12.1 Å². The van der Waals surface area contributed by atoms with Crippen LogP contribution in [0, 0.1) is 13.8 Å². The third-order valence-corrected chi connectivity index (χ3v) is 3.96. The van der Waals surface area contributed by atoms with E-state index in [9.17, 15) is 9.90 Å². The van der Waals surface area contributed by atoms with E-state index >= 15 is 0 Å². The molecule has 1 heterocycles. The first-order chi connectivity index (χ1) is 10.0. The quantitative estimate of drug-likeness (QED) is 0.756. The fraction of sp³-hybridized carbons (Fsp3) is 0.438. The predicted octanol–water partition coefficient (Wildman–Crippen LogP) is 1.81. The van der Waals surface area contributed by atoms with Crippen molar-refractivity contribution in [3.8, 4) is 0 Å². The van der Waals surface area contributed by atoms with Crippen LogP contribution >= 0.6 is 0 Å². The van der Waals surface area contributed by atoms with Gasteiger partial charge in [-0.2, -0.15) is 0 Å². The summed E-state index contributed by atoms with van der Waals surface area (Å²) in [4.78, 5) is 11.3. The summed E-state index contributed by atoms with van der Waals surface area (Å²) in [6.45, 7) is 6.06. The van der Waals surface area contributed by atoms with Crippen LogP contribution in [0.1, 0.15) is 33.6 Å². The normalized spacial score (nSPS) is 11.2. The van der Waals surface area contributed by atoms with Crippen molar-refractivity contribution in [2.75, 3.05) is 13.1 Å². The molecule has 0 fully saturated rings. The number of carbonyl (C=O) groups is 1. The molecule has 0 radical (unpaired) electrons. The Morgan fingerprint density at radius 3 is 2.52 bits per heavy atom. The molecule has 0 aliphatic heterocycles. The maximum Gasteiger partial charge on any atom is 0.335 e. The lowest BCUT2D eigenvalue weighted by Gasteiger charge is -2.10. The average molecular weight is 289 g/mol. The highest BCUT2D eigenvalue weighted by Gasteiger charge is 2.17. The van der Waals surface area contributed by atoms with Gasteiger partial charge in [-0.05, 0) is 63.0 Å². The molecule has 5 heteroatoms. The molecule has 0 saturated heterocycles. The average Bonchev–Trinajstić information content (AvgIpc) is 2.70. The monoisotopic (exact) mass is 289 g/mol. The first-order valence-electron chi connectivity index (χ1n) is 7.27. The van der Waals surface area contributed by atoms with Crippen LogP contribution in [0.25, 0.3) is 10.9 Å². The Bertz CT molecular complexity index is 674. The molecule has 5 nitrogen and oxygen atoms in total. The van der Waals surface area contributed by atoms with Crippen molar-refractivity contribution in [1.29, 1.82) is 0 Å². The Balaban J connectivity index is 2.73. The molecule has 21 heavy (non-hydrogen) atoms. The van der Waals surface area contributed by atoms with Gasteiger partial charge in [-0.25, -0.2) is 4.79 Å². The molecule has 0 aliphatic carbocycles. The van der Waals surface area contributed by atoms with Crippen LogP contribution in [0.2, 0.25) is 0 Å². The van der Waals surface area contributed by atoms with E-state index < -0.39 is 5.97 Å². The Labute approximate surface area is 124 Å². The lowest BCUT2D eigenvalue weighted by atomic mass is 10.0. The molecule has 1 aromatic carbocycles. The van der Waals surface area contributed by atoms with Gasteiger partial charge in [0.2, 0.25) is 0 Å². The predicted molar refractivity (Wildman–Crippen MR) is 84.8 cm³/mol. The zero-order valence-corrected chi connectivity index (χ0v) is 12.6. The van der Waals surface area contributed by atoms with Gasteiger partial charge in [0.05, 0.1) is 11.1 Å².